The Morgan fingerprint density at radius 1 is 1.34 bits per heavy atom. The fourth-order valence-corrected chi connectivity index (χ4v) is 6.21. The van der Waals surface area contributed by atoms with Crippen molar-refractivity contribution in [3.8, 4) is 10.4 Å². The first-order chi connectivity index (χ1) is 18.1. The first-order valence-corrected chi connectivity index (χ1v) is 13.6. The molecule has 1 saturated heterocycles. The number of rotatable bonds is 7. The minimum atomic E-state index is -0.979. The Morgan fingerprint density at radius 3 is 2.68 bits per heavy atom. The molecule has 8 nitrogen and oxygen atoms in total. The van der Waals surface area contributed by atoms with Gasteiger partial charge in [-0.2, -0.15) is 0 Å². The van der Waals surface area contributed by atoms with E-state index in [1.165, 1.54) is 7.17 Å². The maximum absolute atomic E-state index is 13.8. The highest BCUT2D eigenvalue weighted by atomic mass is 32.1. The van der Waals surface area contributed by atoms with Gasteiger partial charge < -0.3 is 19.8 Å². The summed E-state index contributed by atoms with van der Waals surface area (Å²) in [6.07, 6.45) is 1.21. The molecule has 11 heteroatoms. The Morgan fingerprint density at radius 2 is 2.08 bits per heavy atom. The van der Waals surface area contributed by atoms with Crippen LogP contribution in [0.4, 0.5) is 0 Å². The van der Waals surface area contributed by atoms with E-state index in [0.717, 1.165) is 21.7 Å². The van der Waals surface area contributed by atoms with Gasteiger partial charge in [0.2, 0.25) is 5.91 Å². The number of carbonyl (C=O) groups is 2. The van der Waals surface area contributed by atoms with Gasteiger partial charge in [0.1, 0.15) is 24.4 Å². The zero-order valence-corrected chi connectivity index (χ0v) is 22.7. The van der Waals surface area contributed by atoms with Gasteiger partial charge in [-0.3, -0.25) is 9.59 Å². The number of aliphatic hydroxyl groups excluding tert-OH is 1. The van der Waals surface area contributed by atoms with E-state index in [0.29, 0.717) is 23.5 Å². The molecule has 3 aromatic rings. The second kappa shape index (κ2) is 10.2. The number of aliphatic hydroxyl groups is 1. The van der Waals surface area contributed by atoms with Gasteiger partial charge in [-0.15, -0.1) is 11.3 Å². The van der Waals surface area contributed by atoms with Crippen molar-refractivity contribution >= 4 is 43.5 Å². The number of amides is 1. The lowest BCUT2D eigenvalue weighted by Crippen LogP contribution is -2.46. The standard InChI is InChI=1S/C27H29B2N4O4S/c1-14(2)24(21-11-23(29-28)32-37-21)26(36)33-12-18(34)9-20(33)19-10-22(35)27(4,31-19)17-7-5-16(6-8-17)25-15(3)30-13-38-25/h5-8,10-11,13-14,18,20,24,31,34H,9,12H2,1-4H3. The quantitative estimate of drug-likeness (QED) is 0.454. The number of aryl methyl sites for hydroxylation is 1. The average molecular weight is 527 g/mol. The topological polar surface area (TPSA) is 109 Å². The van der Waals surface area contributed by atoms with E-state index in [1.807, 2.05) is 57.5 Å². The second-order valence-corrected chi connectivity index (χ2v) is 11.4. The predicted molar refractivity (Wildman–Crippen MR) is 147 cm³/mol. The molecule has 0 aliphatic carbocycles. The van der Waals surface area contributed by atoms with Gasteiger partial charge in [0.25, 0.3) is 0 Å². The molecular weight excluding hydrogens is 498 g/mol. The van der Waals surface area contributed by atoms with E-state index in [2.05, 4.69) is 15.5 Å². The van der Waals surface area contributed by atoms with E-state index in [-0.39, 0.29) is 24.2 Å². The van der Waals surface area contributed by atoms with Gasteiger partial charge in [0, 0.05) is 38.1 Å². The van der Waals surface area contributed by atoms with Crippen LogP contribution in [0.25, 0.3) is 10.4 Å². The molecule has 0 bridgehead atoms. The molecule has 3 radical (unpaired) electrons. The van der Waals surface area contributed by atoms with Crippen molar-refractivity contribution < 1.29 is 19.2 Å². The monoisotopic (exact) mass is 527 g/mol. The fraction of sp³-hybridized carbons (Fsp3) is 0.407. The van der Waals surface area contributed by atoms with Crippen LogP contribution in [-0.4, -0.2) is 65.4 Å². The lowest BCUT2D eigenvalue weighted by atomic mass is 9.53. The van der Waals surface area contributed by atoms with Crippen molar-refractivity contribution in [3.05, 3.63) is 64.6 Å². The Bertz CT molecular complexity index is 1390. The summed E-state index contributed by atoms with van der Waals surface area (Å²) >= 11 is 1.58. The Hall–Kier alpha value is -3.17. The van der Waals surface area contributed by atoms with Crippen LogP contribution < -0.4 is 10.9 Å². The summed E-state index contributed by atoms with van der Waals surface area (Å²) in [5.74, 6) is -0.545. The zero-order chi connectivity index (χ0) is 27.2. The molecule has 1 amide bonds. The number of benzene rings is 1. The predicted octanol–water partition coefficient (Wildman–Crippen LogP) is 2.19. The zero-order valence-electron chi connectivity index (χ0n) is 21.8. The molecule has 2 aliphatic heterocycles. The molecule has 2 N–H and O–H groups in total. The molecular formula is C27H29B2N4O4S. The van der Waals surface area contributed by atoms with Crippen LogP contribution in [0.2, 0.25) is 0 Å². The SMILES string of the molecule is [B][B]c1cc(C(C(=O)N2CC(O)CC2C2=CC(=O)C(C)(c3ccc(-c4scnc4C)cc3)N2)C(C)C)on1. The highest BCUT2D eigenvalue weighted by molar-refractivity contribution is 7.13. The summed E-state index contributed by atoms with van der Waals surface area (Å²) in [4.78, 5) is 34.2. The minimum Gasteiger partial charge on any atom is -0.391 e. The largest absolute Gasteiger partial charge is 0.391 e. The van der Waals surface area contributed by atoms with Crippen molar-refractivity contribution in [1.29, 1.82) is 0 Å². The van der Waals surface area contributed by atoms with Gasteiger partial charge in [0.05, 0.1) is 28.2 Å². The molecule has 4 unspecified atom stereocenters. The Kier molecular flexibility index (Phi) is 7.09. The third-order valence-electron chi connectivity index (χ3n) is 7.52. The summed E-state index contributed by atoms with van der Waals surface area (Å²) < 4.78 is 5.44. The summed E-state index contributed by atoms with van der Waals surface area (Å²) in [6.45, 7) is 7.86. The van der Waals surface area contributed by atoms with Crippen LogP contribution in [0.3, 0.4) is 0 Å². The molecule has 4 atom stereocenters. The van der Waals surface area contributed by atoms with E-state index in [9.17, 15) is 14.7 Å². The van der Waals surface area contributed by atoms with Crippen molar-refractivity contribution in [2.75, 3.05) is 6.54 Å². The normalized spacial score (nSPS) is 24.0. The maximum atomic E-state index is 13.8. The summed E-state index contributed by atoms with van der Waals surface area (Å²) in [5, 5.41) is 17.9. The van der Waals surface area contributed by atoms with Gasteiger partial charge in [0.15, 0.2) is 5.78 Å². The molecule has 1 fully saturated rings. The summed E-state index contributed by atoms with van der Waals surface area (Å²) in [7, 11) is 6.88. The van der Waals surface area contributed by atoms with E-state index < -0.39 is 23.6 Å². The molecule has 1 aromatic carbocycles. The number of carbonyl (C=O) groups excluding carboxylic acids is 2. The number of aromatic nitrogens is 2. The van der Waals surface area contributed by atoms with Crippen molar-refractivity contribution in [1.82, 2.24) is 20.4 Å². The minimum absolute atomic E-state index is 0.0856. The molecule has 2 aromatic heterocycles. The third kappa shape index (κ3) is 4.62. The highest BCUT2D eigenvalue weighted by Gasteiger charge is 2.47. The lowest BCUT2D eigenvalue weighted by Gasteiger charge is -2.32. The third-order valence-corrected chi connectivity index (χ3v) is 8.50. The lowest BCUT2D eigenvalue weighted by molar-refractivity contribution is -0.135. The molecule has 0 spiro atoms. The number of thiazole rings is 1. The van der Waals surface area contributed by atoms with E-state index >= 15 is 0 Å². The molecule has 2 aliphatic rings. The fourth-order valence-electron chi connectivity index (χ4n) is 5.39. The highest BCUT2D eigenvalue weighted by Crippen LogP contribution is 2.37. The van der Waals surface area contributed by atoms with Crippen LogP contribution in [0.15, 0.2) is 52.1 Å². The molecule has 193 valence electrons. The average Bonchev–Trinajstić information content (AvgIpc) is 3.67. The second-order valence-electron chi connectivity index (χ2n) is 10.5. The number of likely N-dealkylation sites (tertiary alicyclic amines) is 1. The molecule has 4 heterocycles. The Labute approximate surface area is 228 Å². The number of nitrogens with one attached hydrogen (secondary N) is 1. The maximum Gasteiger partial charge on any atom is 0.234 e. The number of hydrogen-bond acceptors (Lipinski definition) is 8. The van der Waals surface area contributed by atoms with Gasteiger partial charge in [-0.1, -0.05) is 43.3 Å². The van der Waals surface area contributed by atoms with E-state index in [1.54, 1.807) is 28.4 Å². The van der Waals surface area contributed by atoms with Gasteiger partial charge in [-0.25, -0.2) is 4.98 Å². The van der Waals surface area contributed by atoms with Gasteiger partial charge in [-0.05, 0) is 37.0 Å². The van der Waals surface area contributed by atoms with Gasteiger partial charge >= 0.3 is 0 Å². The molecule has 38 heavy (non-hydrogen) atoms. The van der Waals surface area contributed by atoms with E-state index in [4.69, 9.17) is 12.3 Å². The number of ketones is 1. The number of β-amino-alcohol motifs (C(OH)–C–C–N with tert-alkyl or cyclic N) is 1. The van der Waals surface area contributed by atoms with Crippen LogP contribution in [0, 0.1) is 12.8 Å². The molecule has 5 rings (SSSR count). The summed E-state index contributed by atoms with van der Waals surface area (Å²) in [5.41, 5.74) is 4.77. The van der Waals surface area contributed by atoms with Crippen molar-refractivity contribution in [3.63, 3.8) is 0 Å². The van der Waals surface area contributed by atoms with Crippen LogP contribution in [-0.2, 0) is 15.1 Å². The van der Waals surface area contributed by atoms with Crippen LogP contribution >= 0.6 is 11.3 Å². The van der Waals surface area contributed by atoms with Crippen molar-refractivity contribution in [2.24, 2.45) is 5.92 Å². The number of hydrogen-bond donors (Lipinski definition) is 2. The smallest absolute Gasteiger partial charge is 0.234 e. The Balaban J connectivity index is 1.39. The first-order valence-electron chi connectivity index (χ1n) is 12.7. The van der Waals surface area contributed by atoms with Crippen LogP contribution in [0.5, 0.6) is 0 Å². The number of nitrogens with zero attached hydrogens (tertiary/aromatic N) is 3. The summed E-state index contributed by atoms with van der Waals surface area (Å²) in [6, 6.07) is 9.10. The van der Waals surface area contributed by atoms with Crippen LogP contribution in [0.1, 0.15) is 50.1 Å². The first kappa shape index (κ1) is 26.4. The molecule has 0 saturated carbocycles. The van der Waals surface area contributed by atoms with Crippen molar-refractivity contribution in [2.45, 2.75) is 57.7 Å².